The first-order chi connectivity index (χ1) is 11.9. The Morgan fingerprint density at radius 3 is 2.56 bits per heavy atom. The molecule has 11 heteroatoms. The summed E-state index contributed by atoms with van der Waals surface area (Å²) in [6, 6.07) is 6.37. The minimum atomic E-state index is -4.05. The molecule has 0 aliphatic heterocycles. The summed E-state index contributed by atoms with van der Waals surface area (Å²) < 4.78 is 42.7. The molecule has 0 saturated heterocycles. The highest BCUT2D eigenvalue weighted by atomic mass is 32.2. The second-order valence-electron chi connectivity index (χ2n) is 4.71. The number of sulfone groups is 1. The number of H-pyrrole nitrogens is 1. The van der Waals surface area contributed by atoms with Crippen molar-refractivity contribution in [3.05, 3.63) is 59.9 Å². The first kappa shape index (κ1) is 16.5. The Morgan fingerprint density at radius 2 is 1.92 bits per heavy atom. The lowest BCUT2D eigenvalue weighted by molar-refractivity contribution is 0.101. The number of aromatic nitrogens is 4. The Morgan fingerprint density at radius 1 is 1.20 bits per heavy atom. The zero-order valence-electron chi connectivity index (χ0n) is 12.2. The zero-order valence-corrected chi connectivity index (χ0v) is 13.1. The maximum Gasteiger partial charge on any atom is 0.239 e. The number of hydrogen-bond donors (Lipinski definition) is 2. The number of aliphatic hydroxyl groups excluding tert-OH is 1. The third-order valence-corrected chi connectivity index (χ3v) is 4.70. The summed E-state index contributed by atoms with van der Waals surface area (Å²) in [6.45, 7) is 0. The van der Waals surface area contributed by atoms with Crippen LogP contribution in [-0.2, 0) is 9.84 Å². The van der Waals surface area contributed by atoms with Crippen molar-refractivity contribution in [2.24, 2.45) is 0 Å². The number of rotatable bonds is 5. The molecule has 0 spiro atoms. The SMILES string of the molecule is O=C(C=C(O)c1nn[nH]n1)c1ccc(S(=O)(=O)c2ccc(F)cc2)o1. The number of carbonyl (C=O) groups excluding carboxylic acids is 1. The first-order valence-electron chi connectivity index (χ1n) is 6.67. The molecule has 0 fully saturated rings. The number of hydrogen-bond acceptors (Lipinski definition) is 8. The Hall–Kier alpha value is -3.34. The number of tetrazole rings is 1. The minimum Gasteiger partial charge on any atom is -0.504 e. The molecule has 0 unspecified atom stereocenters. The van der Waals surface area contributed by atoms with Crippen molar-refractivity contribution in [3.8, 4) is 0 Å². The van der Waals surface area contributed by atoms with E-state index in [0.717, 1.165) is 42.5 Å². The summed E-state index contributed by atoms with van der Waals surface area (Å²) in [7, 11) is -4.05. The molecule has 3 rings (SSSR count). The third-order valence-electron chi connectivity index (χ3n) is 3.06. The molecule has 0 bridgehead atoms. The summed E-state index contributed by atoms with van der Waals surface area (Å²) in [5.74, 6) is -2.49. The molecule has 0 saturated carbocycles. The maximum atomic E-state index is 12.9. The van der Waals surface area contributed by atoms with Crippen LogP contribution < -0.4 is 0 Å². The normalized spacial score (nSPS) is 12.3. The standard InChI is InChI=1S/C14H9FN4O5S/c15-8-1-3-9(4-2-8)25(22,23)13-6-5-12(24-13)10(20)7-11(21)14-16-18-19-17-14/h1-7,21H,(H,16,17,18,19). The van der Waals surface area contributed by atoms with Crippen molar-refractivity contribution in [1.29, 1.82) is 0 Å². The Labute approximate surface area is 139 Å². The van der Waals surface area contributed by atoms with Crippen LogP contribution >= 0.6 is 0 Å². The van der Waals surface area contributed by atoms with Gasteiger partial charge in [-0.1, -0.05) is 0 Å². The zero-order chi connectivity index (χ0) is 18.0. The number of carbonyl (C=O) groups is 1. The maximum absolute atomic E-state index is 12.9. The van der Waals surface area contributed by atoms with Crippen LogP contribution in [0.3, 0.4) is 0 Å². The first-order valence-corrected chi connectivity index (χ1v) is 8.15. The van der Waals surface area contributed by atoms with Crippen LogP contribution in [0.4, 0.5) is 4.39 Å². The molecule has 25 heavy (non-hydrogen) atoms. The van der Waals surface area contributed by atoms with Crippen LogP contribution in [-0.4, -0.2) is 39.9 Å². The Balaban J connectivity index is 1.88. The summed E-state index contributed by atoms with van der Waals surface area (Å²) in [5.41, 5.74) is 0. The van der Waals surface area contributed by atoms with Crippen LogP contribution in [0.15, 0.2) is 56.9 Å². The number of nitrogens with zero attached hydrogens (tertiary/aromatic N) is 3. The fraction of sp³-hybridized carbons (Fsp3) is 0. The van der Waals surface area contributed by atoms with Gasteiger partial charge >= 0.3 is 0 Å². The minimum absolute atomic E-state index is 0.188. The van der Waals surface area contributed by atoms with Gasteiger partial charge in [0.05, 0.1) is 4.90 Å². The molecule has 3 aromatic rings. The molecule has 0 radical (unpaired) electrons. The van der Waals surface area contributed by atoms with Crippen LogP contribution in [0.5, 0.6) is 0 Å². The van der Waals surface area contributed by atoms with Crippen LogP contribution in [0.1, 0.15) is 16.4 Å². The van der Waals surface area contributed by atoms with Gasteiger partial charge in [0.2, 0.25) is 26.5 Å². The molecule has 2 heterocycles. The summed E-state index contributed by atoms with van der Waals surface area (Å²) in [6.07, 6.45) is 0.762. The summed E-state index contributed by atoms with van der Waals surface area (Å²) in [4.78, 5) is 11.8. The lowest BCUT2D eigenvalue weighted by atomic mass is 10.2. The smallest absolute Gasteiger partial charge is 0.239 e. The number of allylic oxidation sites excluding steroid dienone is 1. The Bertz CT molecular complexity index is 1040. The van der Waals surface area contributed by atoms with E-state index in [0.29, 0.717) is 0 Å². The highest BCUT2D eigenvalue weighted by molar-refractivity contribution is 7.91. The van der Waals surface area contributed by atoms with Gasteiger partial charge < -0.3 is 9.52 Å². The number of nitrogens with one attached hydrogen (secondary N) is 1. The monoisotopic (exact) mass is 364 g/mol. The molecule has 1 aromatic carbocycles. The van der Waals surface area contributed by atoms with E-state index in [4.69, 9.17) is 4.42 Å². The average molecular weight is 364 g/mol. The fourth-order valence-electron chi connectivity index (χ4n) is 1.86. The molecule has 9 nitrogen and oxygen atoms in total. The Kier molecular flexibility index (Phi) is 4.15. The second kappa shape index (κ2) is 6.28. The van der Waals surface area contributed by atoms with E-state index in [2.05, 4.69) is 20.6 Å². The van der Waals surface area contributed by atoms with E-state index in [-0.39, 0.29) is 16.5 Å². The van der Waals surface area contributed by atoms with Gasteiger partial charge in [0.15, 0.2) is 11.5 Å². The van der Waals surface area contributed by atoms with E-state index < -0.39 is 32.3 Å². The molecule has 0 aliphatic carbocycles. The molecule has 128 valence electrons. The summed E-state index contributed by atoms with van der Waals surface area (Å²) >= 11 is 0. The van der Waals surface area contributed by atoms with Crippen molar-refractivity contribution in [3.63, 3.8) is 0 Å². The molecule has 0 atom stereocenters. The van der Waals surface area contributed by atoms with Crippen molar-refractivity contribution in [1.82, 2.24) is 20.6 Å². The number of furan rings is 1. The van der Waals surface area contributed by atoms with Gasteiger partial charge in [0, 0.05) is 6.08 Å². The lowest BCUT2D eigenvalue weighted by Gasteiger charge is -2.00. The lowest BCUT2D eigenvalue weighted by Crippen LogP contribution is -2.01. The fourth-order valence-corrected chi connectivity index (χ4v) is 3.03. The van der Waals surface area contributed by atoms with Crippen LogP contribution in [0.25, 0.3) is 5.76 Å². The highest BCUT2D eigenvalue weighted by Gasteiger charge is 2.23. The van der Waals surface area contributed by atoms with Crippen molar-refractivity contribution >= 4 is 21.4 Å². The number of aromatic amines is 1. The van der Waals surface area contributed by atoms with E-state index >= 15 is 0 Å². The molecule has 2 N–H and O–H groups in total. The van der Waals surface area contributed by atoms with Gasteiger partial charge in [-0.05, 0) is 41.6 Å². The van der Waals surface area contributed by atoms with Crippen LogP contribution in [0.2, 0.25) is 0 Å². The average Bonchev–Trinajstić information content (AvgIpc) is 3.27. The van der Waals surface area contributed by atoms with Gasteiger partial charge in [-0.25, -0.2) is 12.8 Å². The van der Waals surface area contributed by atoms with Crippen molar-refractivity contribution in [2.45, 2.75) is 9.99 Å². The van der Waals surface area contributed by atoms with Gasteiger partial charge in [0.25, 0.3) is 0 Å². The molecular weight excluding hydrogens is 355 g/mol. The van der Waals surface area contributed by atoms with Crippen molar-refractivity contribution < 1.29 is 27.1 Å². The quantitative estimate of drug-likeness (QED) is 0.301. The van der Waals surface area contributed by atoms with E-state index in [1.807, 2.05) is 0 Å². The largest absolute Gasteiger partial charge is 0.504 e. The molecular formula is C14H9FN4O5S. The summed E-state index contributed by atoms with van der Waals surface area (Å²) in [5, 5.41) is 21.5. The number of halogens is 1. The number of ketones is 1. The van der Waals surface area contributed by atoms with Gasteiger partial charge in [-0.15, -0.1) is 10.2 Å². The molecule has 0 aliphatic rings. The van der Waals surface area contributed by atoms with E-state index in [1.54, 1.807) is 0 Å². The van der Waals surface area contributed by atoms with Gasteiger partial charge in [-0.2, -0.15) is 5.21 Å². The van der Waals surface area contributed by atoms with Crippen molar-refractivity contribution in [2.75, 3.05) is 0 Å². The molecule has 2 aromatic heterocycles. The van der Waals surface area contributed by atoms with E-state index in [1.165, 1.54) is 0 Å². The number of benzene rings is 1. The van der Waals surface area contributed by atoms with Crippen LogP contribution in [0, 0.1) is 5.82 Å². The topological polar surface area (TPSA) is 139 Å². The van der Waals surface area contributed by atoms with Gasteiger partial charge in [0.1, 0.15) is 5.82 Å². The predicted octanol–water partition coefficient (Wildman–Crippen LogP) is 1.55. The molecule has 0 amide bonds. The third kappa shape index (κ3) is 3.30. The van der Waals surface area contributed by atoms with Gasteiger partial charge in [-0.3, -0.25) is 4.79 Å². The van der Waals surface area contributed by atoms with E-state index in [9.17, 15) is 22.7 Å². The predicted molar refractivity (Wildman–Crippen MR) is 79.7 cm³/mol. The highest BCUT2D eigenvalue weighted by Crippen LogP contribution is 2.23. The second-order valence-corrected chi connectivity index (χ2v) is 6.59. The number of aliphatic hydroxyl groups is 1.